The third-order valence-corrected chi connectivity index (χ3v) is 4.35. The summed E-state index contributed by atoms with van der Waals surface area (Å²) in [5.74, 6) is -3.57. The number of aliphatic carboxylic acids is 1. The van der Waals surface area contributed by atoms with Crippen molar-refractivity contribution in [1.82, 2.24) is 0 Å². The predicted octanol–water partition coefficient (Wildman–Crippen LogP) is 2.54. The van der Waals surface area contributed by atoms with Gasteiger partial charge in [0.15, 0.2) is 5.92 Å². The Kier molecular flexibility index (Phi) is 7.97. The van der Waals surface area contributed by atoms with Crippen molar-refractivity contribution in [2.24, 2.45) is 11.7 Å². The van der Waals surface area contributed by atoms with Crippen LogP contribution in [0.15, 0.2) is 54.6 Å². The molecule has 3 atom stereocenters. The van der Waals surface area contributed by atoms with Crippen LogP contribution in [0.3, 0.4) is 0 Å². The summed E-state index contributed by atoms with van der Waals surface area (Å²) in [6.07, 6.45) is -1.40. The van der Waals surface area contributed by atoms with Crippen LogP contribution in [0.4, 0.5) is 0 Å². The molecular formula is C23H29NO6. The third-order valence-electron chi connectivity index (χ3n) is 4.35. The zero-order chi connectivity index (χ0) is 22.3. The van der Waals surface area contributed by atoms with Crippen LogP contribution in [-0.4, -0.2) is 39.9 Å². The van der Waals surface area contributed by atoms with Crippen molar-refractivity contribution in [2.75, 3.05) is 0 Å². The molecule has 0 aliphatic rings. The second-order valence-corrected chi connectivity index (χ2v) is 8.13. The van der Waals surface area contributed by atoms with Crippen LogP contribution in [0.5, 0.6) is 5.75 Å². The lowest BCUT2D eigenvalue weighted by molar-refractivity contribution is -0.172. The van der Waals surface area contributed by atoms with E-state index in [1.807, 2.05) is 30.3 Å². The molecule has 4 N–H and O–H groups in total. The van der Waals surface area contributed by atoms with E-state index in [0.29, 0.717) is 12.4 Å². The maximum absolute atomic E-state index is 12.2. The first-order valence-electron chi connectivity index (χ1n) is 9.72. The highest BCUT2D eigenvalue weighted by atomic mass is 16.6. The summed E-state index contributed by atoms with van der Waals surface area (Å²) in [4.78, 5) is 23.7. The fourth-order valence-corrected chi connectivity index (χ4v) is 2.85. The molecule has 2 aromatic rings. The molecule has 0 radical (unpaired) electrons. The number of aliphatic hydroxyl groups excluding tert-OH is 1. The van der Waals surface area contributed by atoms with Gasteiger partial charge in [0, 0.05) is 6.04 Å². The van der Waals surface area contributed by atoms with Crippen LogP contribution in [0, 0.1) is 5.92 Å². The van der Waals surface area contributed by atoms with Crippen molar-refractivity contribution in [3.05, 3.63) is 65.7 Å². The number of carboxylic acids is 1. The van der Waals surface area contributed by atoms with Crippen molar-refractivity contribution < 1.29 is 29.3 Å². The zero-order valence-electron chi connectivity index (χ0n) is 17.4. The highest BCUT2D eigenvalue weighted by Gasteiger charge is 2.40. The molecule has 0 spiro atoms. The van der Waals surface area contributed by atoms with Crippen molar-refractivity contribution >= 4 is 11.9 Å². The van der Waals surface area contributed by atoms with E-state index in [4.69, 9.17) is 15.2 Å². The Morgan fingerprint density at radius 1 is 1.00 bits per heavy atom. The van der Waals surface area contributed by atoms with Crippen molar-refractivity contribution in [3.63, 3.8) is 0 Å². The van der Waals surface area contributed by atoms with Gasteiger partial charge in [0.05, 0.1) is 6.10 Å². The van der Waals surface area contributed by atoms with E-state index in [-0.39, 0.29) is 6.42 Å². The van der Waals surface area contributed by atoms with Crippen LogP contribution in [-0.2, 0) is 27.4 Å². The highest BCUT2D eigenvalue weighted by Crippen LogP contribution is 2.19. The minimum Gasteiger partial charge on any atom is -0.489 e. The molecule has 7 nitrogen and oxygen atoms in total. The average Bonchev–Trinajstić information content (AvgIpc) is 2.66. The molecule has 2 rings (SSSR count). The molecule has 2 aromatic carbocycles. The highest BCUT2D eigenvalue weighted by molar-refractivity contribution is 5.94. The number of carbonyl (C=O) groups excluding carboxylic acids is 1. The van der Waals surface area contributed by atoms with E-state index in [9.17, 15) is 19.8 Å². The van der Waals surface area contributed by atoms with Gasteiger partial charge in [-0.3, -0.25) is 9.59 Å². The first-order valence-corrected chi connectivity index (χ1v) is 9.72. The van der Waals surface area contributed by atoms with Gasteiger partial charge in [0.1, 0.15) is 18.0 Å². The van der Waals surface area contributed by atoms with E-state index < -0.39 is 35.6 Å². The number of hydrogen-bond donors (Lipinski definition) is 3. The van der Waals surface area contributed by atoms with Gasteiger partial charge in [-0.25, -0.2) is 0 Å². The second kappa shape index (κ2) is 10.2. The maximum atomic E-state index is 12.2. The molecule has 0 bridgehead atoms. The number of hydrogen-bond acceptors (Lipinski definition) is 6. The normalized spacial score (nSPS) is 14.4. The lowest BCUT2D eigenvalue weighted by atomic mass is 9.92. The Morgan fingerprint density at radius 3 is 2.13 bits per heavy atom. The lowest BCUT2D eigenvalue weighted by Gasteiger charge is -2.27. The molecule has 0 amide bonds. The van der Waals surface area contributed by atoms with Gasteiger partial charge in [0.2, 0.25) is 0 Å². The number of aliphatic hydroxyl groups is 1. The van der Waals surface area contributed by atoms with E-state index in [0.717, 1.165) is 11.1 Å². The van der Waals surface area contributed by atoms with Crippen molar-refractivity contribution in [2.45, 2.75) is 51.5 Å². The number of carboxylic acid groups (broad SMARTS) is 1. The van der Waals surface area contributed by atoms with Gasteiger partial charge in [-0.15, -0.1) is 0 Å². The Bertz CT molecular complexity index is 829. The Hall–Kier alpha value is -2.90. The molecule has 30 heavy (non-hydrogen) atoms. The third kappa shape index (κ3) is 7.17. The van der Waals surface area contributed by atoms with Gasteiger partial charge < -0.3 is 25.4 Å². The summed E-state index contributed by atoms with van der Waals surface area (Å²) in [6, 6.07) is 15.9. The monoisotopic (exact) mass is 415 g/mol. The fraction of sp³-hybridized carbons (Fsp3) is 0.391. The van der Waals surface area contributed by atoms with Crippen LogP contribution in [0.1, 0.15) is 31.9 Å². The molecule has 0 aliphatic carbocycles. The minimum absolute atomic E-state index is 0.187. The van der Waals surface area contributed by atoms with Gasteiger partial charge in [-0.2, -0.15) is 0 Å². The van der Waals surface area contributed by atoms with E-state index in [1.54, 1.807) is 45.0 Å². The van der Waals surface area contributed by atoms with E-state index >= 15 is 0 Å². The van der Waals surface area contributed by atoms with E-state index in [1.165, 1.54) is 0 Å². The second-order valence-electron chi connectivity index (χ2n) is 8.13. The number of rotatable bonds is 9. The summed E-state index contributed by atoms with van der Waals surface area (Å²) in [5.41, 5.74) is 6.97. The Balaban J connectivity index is 1.97. The summed E-state index contributed by atoms with van der Waals surface area (Å²) >= 11 is 0. The van der Waals surface area contributed by atoms with Crippen molar-refractivity contribution in [1.29, 1.82) is 0 Å². The molecule has 0 fully saturated rings. The zero-order valence-corrected chi connectivity index (χ0v) is 17.4. The van der Waals surface area contributed by atoms with Gasteiger partial charge in [-0.05, 0) is 50.5 Å². The van der Waals surface area contributed by atoms with Gasteiger partial charge >= 0.3 is 11.9 Å². The summed E-state index contributed by atoms with van der Waals surface area (Å²) < 4.78 is 10.8. The Labute approximate surface area is 176 Å². The number of esters is 1. The van der Waals surface area contributed by atoms with E-state index in [2.05, 4.69) is 0 Å². The predicted molar refractivity (Wildman–Crippen MR) is 112 cm³/mol. The number of ether oxygens (including phenoxy) is 2. The van der Waals surface area contributed by atoms with Crippen LogP contribution >= 0.6 is 0 Å². The average molecular weight is 415 g/mol. The topological polar surface area (TPSA) is 119 Å². The SMILES string of the molecule is CC(C)(C)OC(=O)C(C(=O)O)[C@H](O)[C@@H](N)Cc1ccc(OCc2ccccc2)cc1. The minimum atomic E-state index is -1.76. The summed E-state index contributed by atoms with van der Waals surface area (Å²) in [7, 11) is 0. The molecule has 0 aliphatic heterocycles. The lowest BCUT2D eigenvalue weighted by Crippen LogP contribution is -2.49. The molecule has 162 valence electrons. The maximum Gasteiger partial charge on any atom is 0.323 e. The molecule has 1 unspecified atom stereocenters. The molecule has 0 saturated heterocycles. The first-order chi connectivity index (χ1) is 14.1. The molecule has 7 heteroatoms. The number of carbonyl (C=O) groups is 2. The smallest absolute Gasteiger partial charge is 0.323 e. The molecule has 0 heterocycles. The van der Waals surface area contributed by atoms with Crippen LogP contribution < -0.4 is 10.5 Å². The Morgan fingerprint density at radius 2 is 1.60 bits per heavy atom. The standard InChI is InChI=1S/C23H29NO6/c1-23(2,3)30-22(28)19(21(26)27)20(25)18(24)13-15-9-11-17(12-10-15)29-14-16-7-5-4-6-8-16/h4-12,18-20,25H,13-14,24H2,1-3H3,(H,26,27)/t18-,19?,20+/m0/s1. The number of nitrogens with two attached hydrogens (primary N) is 1. The molecular weight excluding hydrogens is 386 g/mol. The molecule has 0 aromatic heterocycles. The van der Waals surface area contributed by atoms with Crippen LogP contribution in [0.2, 0.25) is 0 Å². The fourth-order valence-electron chi connectivity index (χ4n) is 2.85. The van der Waals surface area contributed by atoms with Gasteiger partial charge in [-0.1, -0.05) is 42.5 Å². The van der Waals surface area contributed by atoms with Gasteiger partial charge in [0.25, 0.3) is 0 Å². The number of benzene rings is 2. The largest absolute Gasteiger partial charge is 0.489 e. The molecule has 0 saturated carbocycles. The quantitative estimate of drug-likeness (QED) is 0.425. The summed E-state index contributed by atoms with van der Waals surface area (Å²) in [6.45, 7) is 5.31. The first kappa shape index (κ1) is 23.4. The van der Waals surface area contributed by atoms with Crippen molar-refractivity contribution in [3.8, 4) is 5.75 Å². The van der Waals surface area contributed by atoms with Crippen LogP contribution in [0.25, 0.3) is 0 Å². The summed E-state index contributed by atoms with van der Waals surface area (Å²) in [5, 5.41) is 19.8.